The molecular formula is C13H16FN3. The highest BCUT2D eigenvalue weighted by Gasteiger charge is 2.23. The Balaban J connectivity index is 2.44. The summed E-state index contributed by atoms with van der Waals surface area (Å²) in [6, 6.07) is 8.11. The number of benzene rings is 1. The lowest BCUT2D eigenvalue weighted by molar-refractivity contribution is 0.409. The fourth-order valence-corrected chi connectivity index (χ4v) is 1.95. The monoisotopic (exact) mass is 233 g/mol. The van der Waals surface area contributed by atoms with E-state index < -0.39 is 0 Å². The van der Waals surface area contributed by atoms with E-state index in [1.807, 2.05) is 25.3 Å². The zero-order valence-electron chi connectivity index (χ0n) is 9.75. The Hall–Kier alpha value is -1.68. The summed E-state index contributed by atoms with van der Waals surface area (Å²) in [5, 5.41) is 4.17. The number of nitrogens with two attached hydrogens (primary N) is 1. The van der Waals surface area contributed by atoms with Gasteiger partial charge in [-0.1, -0.05) is 25.1 Å². The van der Waals surface area contributed by atoms with Crippen LogP contribution in [0.3, 0.4) is 0 Å². The van der Waals surface area contributed by atoms with Crippen molar-refractivity contribution in [3.05, 3.63) is 54.1 Å². The molecule has 0 aliphatic carbocycles. The Labute approximate surface area is 100 Å². The molecule has 90 valence electrons. The van der Waals surface area contributed by atoms with E-state index >= 15 is 0 Å². The zero-order valence-corrected chi connectivity index (χ0v) is 9.75. The third-order valence-electron chi connectivity index (χ3n) is 2.91. The molecule has 1 heterocycles. The second kappa shape index (κ2) is 5.10. The molecule has 0 amide bonds. The molecular weight excluding hydrogens is 217 g/mol. The molecule has 2 rings (SSSR count). The van der Waals surface area contributed by atoms with Crippen LogP contribution in [0.4, 0.5) is 4.39 Å². The normalized spacial score (nSPS) is 14.5. The second-order valence-electron chi connectivity index (χ2n) is 4.02. The SMILES string of the molecule is CCC(N)C(c1ccccc1F)n1cccn1. The minimum absolute atomic E-state index is 0.160. The Bertz CT molecular complexity index is 467. The molecule has 0 aliphatic heterocycles. The zero-order chi connectivity index (χ0) is 12.3. The number of hydrogen-bond donors (Lipinski definition) is 1. The minimum atomic E-state index is -0.254. The van der Waals surface area contributed by atoms with E-state index in [4.69, 9.17) is 5.73 Å². The second-order valence-corrected chi connectivity index (χ2v) is 4.02. The Morgan fingerprint density at radius 1 is 1.35 bits per heavy atom. The van der Waals surface area contributed by atoms with Crippen LogP contribution in [0, 0.1) is 5.82 Å². The van der Waals surface area contributed by atoms with E-state index in [1.165, 1.54) is 6.07 Å². The molecule has 0 fully saturated rings. The van der Waals surface area contributed by atoms with Crippen molar-refractivity contribution in [2.24, 2.45) is 5.73 Å². The summed E-state index contributed by atoms with van der Waals surface area (Å²) in [5.74, 6) is -0.239. The first-order chi connectivity index (χ1) is 8.24. The third kappa shape index (κ3) is 2.36. The molecule has 2 aromatic rings. The Morgan fingerprint density at radius 2 is 2.12 bits per heavy atom. The van der Waals surface area contributed by atoms with Crippen LogP contribution in [0.2, 0.25) is 0 Å². The summed E-state index contributed by atoms with van der Waals surface area (Å²) in [6.07, 6.45) is 4.25. The lowest BCUT2D eigenvalue weighted by Gasteiger charge is -2.24. The average Bonchev–Trinajstić information content (AvgIpc) is 2.85. The fourth-order valence-electron chi connectivity index (χ4n) is 1.95. The molecule has 1 aromatic heterocycles. The number of hydrogen-bond acceptors (Lipinski definition) is 2. The molecule has 0 spiro atoms. The maximum absolute atomic E-state index is 13.8. The summed E-state index contributed by atoms with van der Waals surface area (Å²) in [6.45, 7) is 1.99. The van der Waals surface area contributed by atoms with E-state index in [2.05, 4.69) is 5.10 Å². The Kier molecular flexibility index (Phi) is 3.54. The van der Waals surface area contributed by atoms with E-state index in [1.54, 1.807) is 23.0 Å². The molecule has 0 saturated carbocycles. The summed E-state index contributed by atoms with van der Waals surface area (Å²) in [5.41, 5.74) is 6.67. The quantitative estimate of drug-likeness (QED) is 0.881. The lowest BCUT2D eigenvalue weighted by Crippen LogP contribution is -2.33. The molecule has 2 unspecified atom stereocenters. The molecule has 0 bridgehead atoms. The molecule has 2 N–H and O–H groups in total. The first-order valence-electron chi connectivity index (χ1n) is 5.73. The van der Waals surface area contributed by atoms with Crippen LogP contribution in [0.15, 0.2) is 42.7 Å². The van der Waals surface area contributed by atoms with Crippen LogP contribution in [0.5, 0.6) is 0 Å². The molecule has 3 nitrogen and oxygen atoms in total. The van der Waals surface area contributed by atoms with Crippen LogP contribution < -0.4 is 5.73 Å². The first kappa shape index (κ1) is 11.8. The lowest BCUT2D eigenvalue weighted by atomic mass is 9.98. The highest BCUT2D eigenvalue weighted by atomic mass is 19.1. The predicted molar refractivity (Wildman–Crippen MR) is 65.0 cm³/mol. The van der Waals surface area contributed by atoms with Crippen molar-refractivity contribution in [1.82, 2.24) is 9.78 Å². The smallest absolute Gasteiger partial charge is 0.128 e. The van der Waals surface area contributed by atoms with E-state index in [-0.39, 0.29) is 17.9 Å². The van der Waals surface area contributed by atoms with Gasteiger partial charge in [0.25, 0.3) is 0 Å². The van der Waals surface area contributed by atoms with Gasteiger partial charge in [-0.2, -0.15) is 5.10 Å². The van der Waals surface area contributed by atoms with Gasteiger partial charge in [0.15, 0.2) is 0 Å². The van der Waals surface area contributed by atoms with Gasteiger partial charge < -0.3 is 5.73 Å². The van der Waals surface area contributed by atoms with Crippen molar-refractivity contribution in [2.45, 2.75) is 25.4 Å². The van der Waals surface area contributed by atoms with Crippen molar-refractivity contribution in [3.8, 4) is 0 Å². The number of rotatable bonds is 4. The van der Waals surface area contributed by atoms with Gasteiger partial charge in [0.2, 0.25) is 0 Å². The largest absolute Gasteiger partial charge is 0.326 e. The van der Waals surface area contributed by atoms with Crippen molar-refractivity contribution in [3.63, 3.8) is 0 Å². The van der Waals surface area contributed by atoms with E-state index in [9.17, 15) is 4.39 Å². The van der Waals surface area contributed by atoms with Gasteiger partial charge in [0.1, 0.15) is 5.82 Å². The maximum Gasteiger partial charge on any atom is 0.128 e. The highest BCUT2D eigenvalue weighted by Crippen LogP contribution is 2.24. The topological polar surface area (TPSA) is 43.8 Å². The van der Waals surface area contributed by atoms with Crippen LogP contribution in [0.1, 0.15) is 24.9 Å². The molecule has 0 saturated heterocycles. The van der Waals surface area contributed by atoms with Gasteiger partial charge in [0.05, 0.1) is 6.04 Å². The molecule has 0 radical (unpaired) electrons. The maximum atomic E-state index is 13.8. The molecule has 1 aromatic carbocycles. The standard InChI is InChI=1S/C13H16FN3/c1-2-12(15)13(17-9-5-8-16-17)10-6-3-4-7-11(10)14/h3-9,12-13H,2,15H2,1H3. The van der Waals surface area contributed by atoms with Crippen molar-refractivity contribution in [1.29, 1.82) is 0 Å². The number of aromatic nitrogens is 2. The van der Waals surface area contributed by atoms with Gasteiger partial charge >= 0.3 is 0 Å². The van der Waals surface area contributed by atoms with Crippen molar-refractivity contribution < 1.29 is 4.39 Å². The van der Waals surface area contributed by atoms with Gasteiger partial charge in [-0.25, -0.2) is 4.39 Å². The number of nitrogens with zero attached hydrogens (tertiary/aromatic N) is 2. The van der Waals surface area contributed by atoms with Crippen LogP contribution in [0.25, 0.3) is 0 Å². The summed E-state index contributed by atoms with van der Waals surface area (Å²) in [7, 11) is 0. The van der Waals surface area contributed by atoms with Crippen LogP contribution in [-0.4, -0.2) is 15.8 Å². The van der Waals surface area contributed by atoms with Gasteiger partial charge in [-0.3, -0.25) is 4.68 Å². The third-order valence-corrected chi connectivity index (χ3v) is 2.91. The molecule has 2 atom stereocenters. The molecule has 17 heavy (non-hydrogen) atoms. The molecule has 0 aliphatic rings. The summed E-state index contributed by atoms with van der Waals surface area (Å²) in [4.78, 5) is 0. The number of halogens is 1. The predicted octanol–water partition coefficient (Wildman–Crippen LogP) is 2.35. The molecule has 4 heteroatoms. The van der Waals surface area contributed by atoms with Gasteiger partial charge in [0, 0.05) is 24.0 Å². The first-order valence-corrected chi connectivity index (χ1v) is 5.73. The van der Waals surface area contributed by atoms with Crippen molar-refractivity contribution >= 4 is 0 Å². The minimum Gasteiger partial charge on any atom is -0.326 e. The van der Waals surface area contributed by atoms with Gasteiger partial charge in [-0.15, -0.1) is 0 Å². The van der Waals surface area contributed by atoms with Crippen molar-refractivity contribution in [2.75, 3.05) is 0 Å². The highest BCUT2D eigenvalue weighted by molar-refractivity contribution is 5.23. The average molecular weight is 233 g/mol. The van der Waals surface area contributed by atoms with Crippen LogP contribution in [-0.2, 0) is 0 Å². The van der Waals surface area contributed by atoms with E-state index in [0.717, 1.165) is 6.42 Å². The summed E-state index contributed by atoms with van der Waals surface area (Å²) >= 11 is 0. The summed E-state index contributed by atoms with van der Waals surface area (Å²) < 4.78 is 15.5. The van der Waals surface area contributed by atoms with Gasteiger partial charge in [-0.05, 0) is 18.6 Å². The van der Waals surface area contributed by atoms with E-state index in [0.29, 0.717) is 5.56 Å². The Morgan fingerprint density at radius 3 is 2.71 bits per heavy atom. The fraction of sp³-hybridized carbons (Fsp3) is 0.308. The van der Waals surface area contributed by atoms with Crippen LogP contribution >= 0.6 is 0 Å².